The Morgan fingerprint density at radius 2 is 1.95 bits per heavy atom. The Morgan fingerprint density at radius 3 is 2.57 bits per heavy atom. The minimum absolute atomic E-state index is 0.435. The first kappa shape index (κ1) is 14.6. The van der Waals surface area contributed by atoms with Gasteiger partial charge in [-0.05, 0) is 42.5 Å². The van der Waals surface area contributed by atoms with Gasteiger partial charge < -0.3 is 9.84 Å². The van der Waals surface area contributed by atoms with Gasteiger partial charge in [0.2, 0.25) is 0 Å². The van der Waals surface area contributed by atoms with Gasteiger partial charge in [-0.1, -0.05) is 11.6 Å². The number of ether oxygens (including phenoxy) is 1. The van der Waals surface area contributed by atoms with Crippen LogP contribution in [0.4, 0.5) is 0 Å². The van der Waals surface area contributed by atoms with Crippen LogP contribution >= 0.6 is 11.6 Å². The lowest BCUT2D eigenvalue weighted by Crippen LogP contribution is -1.90. The Balaban J connectivity index is 2.31. The van der Waals surface area contributed by atoms with Crippen molar-refractivity contribution in [2.75, 3.05) is 0 Å². The third kappa shape index (κ3) is 4.10. The molecule has 0 fully saturated rings. The molecule has 0 saturated heterocycles. The standard InChI is InChI=1S/C16H10ClNO3/c17-13-5-3-12(4-8-16(19)20)15(9-13)21-14-6-1-11(10-18)2-7-14/h1-9H,(H,19,20)/b8-4+. The van der Waals surface area contributed by atoms with Crippen molar-refractivity contribution in [3.05, 3.63) is 64.7 Å². The fourth-order valence-corrected chi connectivity index (χ4v) is 1.78. The van der Waals surface area contributed by atoms with Crippen LogP contribution in [-0.2, 0) is 4.79 Å². The summed E-state index contributed by atoms with van der Waals surface area (Å²) in [5.74, 6) is -0.0831. The fraction of sp³-hybridized carbons (Fsp3) is 0. The third-order valence-corrected chi connectivity index (χ3v) is 2.83. The number of hydrogen-bond acceptors (Lipinski definition) is 3. The van der Waals surface area contributed by atoms with Gasteiger partial charge in [0, 0.05) is 22.7 Å². The number of hydrogen-bond donors (Lipinski definition) is 1. The molecule has 0 radical (unpaired) electrons. The molecule has 0 aromatic heterocycles. The lowest BCUT2D eigenvalue weighted by atomic mass is 10.2. The lowest BCUT2D eigenvalue weighted by Gasteiger charge is -2.09. The second-order valence-electron chi connectivity index (χ2n) is 4.09. The summed E-state index contributed by atoms with van der Waals surface area (Å²) in [6, 6.07) is 13.5. The van der Waals surface area contributed by atoms with Crippen LogP contribution in [0.1, 0.15) is 11.1 Å². The van der Waals surface area contributed by atoms with Gasteiger partial charge in [0.25, 0.3) is 0 Å². The van der Waals surface area contributed by atoms with Crippen LogP contribution in [0.5, 0.6) is 11.5 Å². The minimum atomic E-state index is -1.05. The molecule has 2 aromatic carbocycles. The zero-order valence-corrected chi connectivity index (χ0v) is 11.5. The second kappa shape index (κ2) is 6.60. The molecule has 0 bridgehead atoms. The molecule has 2 aromatic rings. The van der Waals surface area contributed by atoms with Crippen LogP contribution in [0, 0.1) is 11.3 Å². The van der Waals surface area contributed by atoms with E-state index in [4.69, 9.17) is 26.7 Å². The molecule has 0 aliphatic rings. The second-order valence-corrected chi connectivity index (χ2v) is 4.53. The summed E-state index contributed by atoms with van der Waals surface area (Å²) in [7, 11) is 0. The van der Waals surface area contributed by atoms with E-state index in [1.807, 2.05) is 6.07 Å². The first-order valence-electron chi connectivity index (χ1n) is 5.97. The van der Waals surface area contributed by atoms with Crippen molar-refractivity contribution in [1.29, 1.82) is 5.26 Å². The van der Waals surface area contributed by atoms with Crippen LogP contribution in [0.3, 0.4) is 0 Å². The topological polar surface area (TPSA) is 70.3 Å². The summed E-state index contributed by atoms with van der Waals surface area (Å²) in [5, 5.41) is 17.9. The number of nitriles is 1. The lowest BCUT2D eigenvalue weighted by molar-refractivity contribution is -0.131. The number of benzene rings is 2. The summed E-state index contributed by atoms with van der Waals surface area (Å²) >= 11 is 5.93. The smallest absolute Gasteiger partial charge is 0.328 e. The molecule has 0 aliphatic heterocycles. The minimum Gasteiger partial charge on any atom is -0.478 e. The van der Waals surface area contributed by atoms with Crippen LogP contribution in [0.25, 0.3) is 6.08 Å². The van der Waals surface area contributed by atoms with E-state index in [0.29, 0.717) is 27.6 Å². The fourth-order valence-electron chi connectivity index (χ4n) is 1.62. The predicted molar refractivity (Wildman–Crippen MR) is 79.4 cm³/mol. The van der Waals surface area contributed by atoms with Crippen LogP contribution in [-0.4, -0.2) is 11.1 Å². The molecule has 21 heavy (non-hydrogen) atoms. The molecule has 0 heterocycles. The number of aliphatic carboxylic acids is 1. The first-order valence-corrected chi connectivity index (χ1v) is 6.35. The van der Waals surface area contributed by atoms with Crippen molar-refractivity contribution in [3.63, 3.8) is 0 Å². The van der Waals surface area contributed by atoms with Gasteiger partial charge in [0.05, 0.1) is 11.6 Å². The van der Waals surface area contributed by atoms with Crippen LogP contribution in [0.2, 0.25) is 5.02 Å². The van der Waals surface area contributed by atoms with Gasteiger partial charge in [-0.2, -0.15) is 5.26 Å². The molecule has 0 spiro atoms. The van der Waals surface area contributed by atoms with Crippen molar-refractivity contribution in [1.82, 2.24) is 0 Å². The highest BCUT2D eigenvalue weighted by molar-refractivity contribution is 6.30. The highest BCUT2D eigenvalue weighted by Gasteiger charge is 2.05. The molecule has 0 aliphatic carbocycles. The molecule has 104 valence electrons. The molecule has 0 unspecified atom stereocenters. The number of carboxylic acids is 1. The zero-order chi connectivity index (χ0) is 15.2. The van der Waals surface area contributed by atoms with Crippen LogP contribution < -0.4 is 4.74 Å². The van der Waals surface area contributed by atoms with E-state index in [1.165, 1.54) is 6.08 Å². The van der Waals surface area contributed by atoms with Crippen molar-refractivity contribution in [2.45, 2.75) is 0 Å². The van der Waals surface area contributed by atoms with Crippen molar-refractivity contribution < 1.29 is 14.6 Å². The summed E-state index contributed by atoms with van der Waals surface area (Å²) in [6.45, 7) is 0. The van der Waals surface area contributed by atoms with Crippen molar-refractivity contribution >= 4 is 23.6 Å². The molecule has 5 heteroatoms. The van der Waals surface area contributed by atoms with E-state index < -0.39 is 5.97 Å². The van der Waals surface area contributed by atoms with Gasteiger partial charge in [-0.3, -0.25) is 0 Å². The summed E-state index contributed by atoms with van der Waals surface area (Å²) < 4.78 is 5.68. The maximum atomic E-state index is 10.6. The average Bonchev–Trinajstić information content (AvgIpc) is 2.47. The third-order valence-electron chi connectivity index (χ3n) is 2.59. The summed E-state index contributed by atoms with van der Waals surface area (Å²) in [5.41, 5.74) is 1.12. The largest absolute Gasteiger partial charge is 0.478 e. The van der Waals surface area contributed by atoms with E-state index in [9.17, 15) is 4.79 Å². The number of halogens is 1. The molecular weight excluding hydrogens is 290 g/mol. The Hall–Kier alpha value is -2.77. The monoisotopic (exact) mass is 299 g/mol. The number of carboxylic acid groups (broad SMARTS) is 1. The quantitative estimate of drug-likeness (QED) is 0.863. The van der Waals surface area contributed by atoms with E-state index in [-0.39, 0.29) is 0 Å². The zero-order valence-electron chi connectivity index (χ0n) is 10.8. The number of carbonyl (C=O) groups is 1. The van der Waals surface area contributed by atoms with Gasteiger partial charge >= 0.3 is 5.97 Å². The SMILES string of the molecule is N#Cc1ccc(Oc2cc(Cl)ccc2/C=C/C(=O)O)cc1. The molecule has 4 nitrogen and oxygen atoms in total. The maximum Gasteiger partial charge on any atom is 0.328 e. The van der Waals surface area contributed by atoms with E-state index in [1.54, 1.807) is 42.5 Å². The van der Waals surface area contributed by atoms with Gasteiger partial charge in [-0.15, -0.1) is 0 Å². The van der Waals surface area contributed by atoms with Crippen molar-refractivity contribution in [2.24, 2.45) is 0 Å². The molecular formula is C16H10ClNO3. The maximum absolute atomic E-state index is 10.6. The Kier molecular flexibility index (Phi) is 4.60. The summed E-state index contributed by atoms with van der Waals surface area (Å²) in [4.78, 5) is 10.6. The highest BCUT2D eigenvalue weighted by atomic mass is 35.5. The molecule has 0 amide bonds. The van der Waals surface area contributed by atoms with Gasteiger partial charge in [0.1, 0.15) is 11.5 Å². The predicted octanol–water partition coefficient (Wildman–Crippen LogP) is 4.10. The summed E-state index contributed by atoms with van der Waals surface area (Å²) in [6.07, 6.45) is 2.45. The van der Waals surface area contributed by atoms with Crippen LogP contribution in [0.15, 0.2) is 48.5 Å². The average molecular weight is 300 g/mol. The van der Waals surface area contributed by atoms with Gasteiger partial charge in [0.15, 0.2) is 0 Å². The van der Waals surface area contributed by atoms with E-state index >= 15 is 0 Å². The Bertz CT molecular complexity index is 730. The normalized spacial score (nSPS) is 10.3. The number of nitrogens with zero attached hydrogens (tertiary/aromatic N) is 1. The van der Waals surface area contributed by atoms with E-state index in [0.717, 1.165) is 6.08 Å². The Labute approximate surface area is 126 Å². The molecule has 0 atom stereocenters. The van der Waals surface area contributed by atoms with E-state index in [2.05, 4.69) is 0 Å². The number of rotatable bonds is 4. The Morgan fingerprint density at radius 1 is 1.24 bits per heavy atom. The first-order chi connectivity index (χ1) is 10.1. The molecule has 2 rings (SSSR count). The molecule has 1 N–H and O–H groups in total. The van der Waals surface area contributed by atoms with Crippen molar-refractivity contribution in [3.8, 4) is 17.6 Å². The molecule has 0 saturated carbocycles. The highest BCUT2D eigenvalue weighted by Crippen LogP contribution is 2.29. The van der Waals surface area contributed by atoms with Gasteiger partial charge in [-0.25, -0.2) is 4.79 Å².